The maximum atomic E-state index is 11.1. The third-order valence-electron chi connectivity index (χ3n) is 2.25. The molecule has 0 saturated carbocycles. The number of carboxylic acids is 1. The Morgan fingerprint density at radius 2 is 1.83 bits per heavy atom. The number of carboxylic acid groups (broad SMARTS) is 1. The van der Waals surface area contributed by atoms with Crippen molar-refractivity contribution in [3.05, 3.63) is 33.8 Å². The minimum atomic E-state index is -0.980. The van der Waals surface area contributed by atoms with Crippen LogP contribution in [0.15, 0.2) is 18.2 Å². The summed E-state index contributed by atoms with van der Waals surface area (Å²) in [5.74, 6) is -0.693. The maximum absolute atomic E-state index is 11.1. The van der Waals surface area contributed by atoms with Gasteiger partial charge in [-0.15, -0.1) is 0 Å². The molecule has 0 amide bonds. The second-order valence-corrected chi connectivity index (χ2v) is 5.41. The fourth-order valence-electron chi connectivity index (χ4n) is 1.47. The highest BCUT2D eigenvalue weighted by Gasteiger charge is 2.19. The van der Waals surface area contributed by atoms with Crippen molar-refractivity contribution in [1.29, 1.82) is 0 Å². The first-order valence-corrected chi connectivity index (χ1v) is 6.43. The molecule has 1 rings (SSSR count). The number of hydrogen-bond acceptors (Lipinski definition) is 2. The van der Waals surface area contributed by atoms with Crippen molar-refractivity contribution < 1.29 is 14.6 Å². The number of ether oxygens (including phenoxy) is 1. The third-order valence-corrected chi connectivity index (χ3v) is 2.69. The van der Waals surface area contributed by atoms with Gasteiger partial charge in [0.15, 0.2) is 6.10 Å². The smallest absolute Gasteiger partial charge is 0.333 e. The van der Waals surface area contributed by atoms with E-state index in [0.717, 1.165) is 5.56 Å². The molecule has 1 unspecified atom stereocenters. The summed E-state index contributed by atoms with van der Waals surface area (Å²) < 4.78 is 5.36. The zero-order valence-corrected chi connectivity index (χ0v) is 11.8. The topological polar surface area (TPSA) is 46.5 Å². The van der Waals surface area contributed by atoms with Gasteiger partial charge in [-0.3, -0.25) is 0 Å². The fraction of sp³-hybridized carbons (Fsp3) is 0.462. The van der Waals surface area contributed by atoms with Gasteiger partial charge in [-0.05, 0) is 29.7 Å². The number of benzene rings is 1. The Labute approximate surface area is 117 Å². The summed E-state index contributed by atoms with van der Waals surface area (Å²) >= 11 is 11.7. The Kier molecular flexibility index (Phi) is 5.93. The molecule has 1 aromatic rings. The van der Waals surface area contributed by atoms with Crippen LogP contribution in [0.3, 0.4) is 0 Å². The van der Waals surface area contributed by atoms with Gasteiger partial charge in [0.1, 0.15) is 0 Å². The van der Waals surface area contributed by atoms with E-state index in [1.54, 1.807) is 18.2 Å². The minimum absolute atomic E-state index is 0.252. The van der Waals surface area contributed by atoms with Crippen LogP contribution in [0.2, 0.25) is 10.0 Å². The first-order chi connectivity index (χ1) is 8.38. The molecule has 0 fully saturated rings. The van der Waals surface area contributed by atoms with E-state index in [-0.39, 0.29) is 12.3 Å². The molecule has 0 heterocycles. The van der Waals surface area contributed by atoms with Gasteiger partial charge in [0.05, 0.1) is 6.61 Å². The van der Waals surface area contributed by atoms with Crippen LogP contribution < -0.4 is 0 Å². The molecule has 0 saturated heterocycles. The first-order valence-electron chi connectivity index (χ1n) is 5.68. The minimum Gasteiger partial charge on any atom is -0.479 e. The van der Waals surface area contributed by atoms with E-state index >= 15 is 0 Å². The van der Waals surface area contributed by atoms with E-state index in [9.17, 15) is 4.79 Å². The molecule has 0 aliphatic carbocycles. The number of rotatable bonds is 6. The summed E-state index contributed by atoms with van der Waals surface area (Å²) in [4.78, 5) is 11.1. The lowest BCUT2D eigenvalue weighted by Gasteiger charge is -2.15. The van der Waals surface area contributed by atoms with E-state index in [4.69, 9.17) is 33.0 Å². The van der Waals surface area contributed by atoms with Crippen LogP contribution in [0.25, 0.3) is 0 Å². The average molecular weight is 291 g/mol. The van der Waals surface area contributed by atoms with E-state index < -0.39 is 12.1 Å². The van der Waals surface area contributed by atoms with Gasteiger partial charge in [-0.2, -0.15) is 0 Å². The van der Waals surface area contributed by atoms with Gasteiger partial charge < -0.3 is 9.84 Å². The highest BCUT2D eigenvalue weighted by molar-refractivity contribution is 6.34. The van der Waals surface area contributed by atoms with Crippen LogP contribution in [0.4, 0.5) is 0 Å². The summed E-state index contributed by atoms with van der Waals surface area (Å²) in [5, 5.41) is 10.1. The molecule has 0 spiro atoms. The Balaban J connectivity index is 2.73. The summed E-state index contributed by atoms with van der Waals surface area (Å²) in [6.45, 7) is 4.34. The summed E-state index contributed by atoms with van der Waals surface area (Å²) in [6, 6.07) is 5.00. The molecule has 18 heavy (non-hydrogen) atoms. The fourth-order valence-corrected chi connectivity index (χ4v) is 2.04. The lowest BCUT2D eigenvalue weighted by Crippen LogP contribution is -2.28. The Bertz CT molecular complexity index is 398. The van der Waals surface area contributed by atoms with Crippen LogP contribution in [-0.2, 0) is 16.0 Å². The van der Waals surface area contributed by atoms with E-state index in [1.807, 2.05) is 13.8 Å². The van der Waals surface area contributed by atoms with Crippen molar-refractivity contribution in [2.45, 2.75) is 26.4 Å². The lowest BCUT2D eigenvalue weighted by molar-refractivity contribution is -0.150. The summed E-state index contributed by atoms with van der Waals surface area (Å²) in [7, 11) is 0. The van der Waals surface area contributed by atoms with Gasteiger partial charge in [0, 0.05) is 16.5 Å². The molecule has 3 nitrogen and oxygen atoms in total. The molecule has 0 aliphatic heterocycles. The van der Waals surface area contributed by atoms with Gasteiger partial charge in [-0.1, -0.05) is 37.0 Å². The molecule has 100 valence electrons. The van der Waals surface area contributed by atoms with Gasteiger partial charge in [-0.25, -0.2) is 4.79 Å². The van der Waals surface area contributed by atoms with Crippen molar-refractivity contribution in [2.24, 2.45) is 5.92 Å². The standard InChI is InChI=1S/C13H16Cl2O3/c1-8(2)7-18-12(13(16)17)5-9-3-10(14)6-11(15)4-9/h3-4,6,8,12H,5,7H2,1-2H3,(H,16,17). The van der Waals surface area contributed by atoms with Gasteiger partial charge in [0.2, 0.25) is 0 Å². The monoisotopic (exact) mass is 290 g/mol. The predicted molar refractivity (Wildman–Crippen MR) is 72.4 cm³/mol. The Hall–Kier alpha value is -0.770. The van der Waals surface area contributed by atoms with Crippen molar-refractivity contribution in [3.63, 3.8) is 0 Å². The van der Waals surface area contributed by atoms with Crippen molar-refractivity contribution in [1.82, 2.24) is 0 Å². The normalized spacial score (nSPS) is 12.7. The molecule has 0 aromatic heterocycles. The van der Waals surface area contributed by atoms with Crippen LogP contribution >= 0.6 is 23.2 Å². The SMILES string of the molecule is CC(C)COC(Cc1cc(Cl)cc(Cl)c1)C(=O)O. The highest BCUT2D eigenvalue weighted by Crippen LogP contribution is 2.20. The summed E-state index contributed by atoms with van der Waals surface area (Å²) in [5.41, 5.74) is 0.753. The zero-order valence-electron chi connectivity index (χ0n) is 10.3. The maximum Gasteiger partial charge on any atom is 0.333 e. The molecule has 0 aliphatic rings. The largest absolute Gasteiger partial charge is 0.479 e. The van der Waals surface area contributed by atoms with Crippen LogP contribution in [0.5, 0.6) is 0 Å². The molecule has 1 atom stereocenters. The Morgan fingerprint density at radius 3 is 2.28 bits per heavy atom. The molecule has 0 radical (unpaired) electrons. The molecule has 1 aromatic carbocycles. The Morgan fingerprint density at radius 1 is 1.28 bits per heavy atom. The third kappa shape index (κ3) is 5.25. The quantitative estimate of drug-likeness (QED) is 0.870. The highest BCUT2D eigenvalue weighted by atomic mass is 35.5. The molecule has 5 heteroatoms. The molecular weight excluding hydrogens is 275 g/mol. The predicted octanol–water partition coefficient (Wildman–Crippen LogP) is 3.66. The molecular formula is C13H16Cl2O3. The van der Waals surface area contributed by atoms with Crippen LogP contribution in [0, 0.1) is 5.92 Å². The molecule has 1 N–H and O–H groups in total. The number of carbonyl (C=O) groups is 1. The van der Waals surface area contributed by atoms with Gasteiger partial charge >= 0.3 is 5.97 Å². The van der Waals surface area contributed by atoms with E-state index in [2.05, 4.69) is 0 Å². The number of halogens is 2. The zero-order chi connectivity index (χ0) is 13.7. The number of hydrogen-bond donors (Lipinski definition) is 1. The van der Waals surface area contributed by atoms with E-state index in [1.165, 1.54) is 0 Å². The van der Waals surface area contributed by atoms with Crippen molar-refractivity contribution >= 4 is 29.2 Å². The first kappa shape index (κ1) is 15.3. The lowest BCUT2D eigenvalue weighted by atomic mass is 10.1. The van der Waals surface area contributed by atoms with Gasteiger partial charge in [0.25, 0.3) is 0 Å². The molecule has 0 bridgehead atoms. The van der Waals surface area contributed by atoms with Crippen molar-refractivity contribution in [3.8, 4) is 0 Å². The second kappa shape index (κ2) is 6.98. The van der Waals surface area contributed by atoms with Crippen LogP contribution in [0.1, 0.15) is 19.4 Å². The summed E-state index contributed by atoms with van der Waals surface area (Å²) in [6.07, 6.45) is -0.621. The van der Waals surface area contributed by atoms with E-state index in [0.29, 0.717) is 16.7 Å². The van der Waals surface area contributed by atoms with Crippen LogP contribution in [-0.4, -0.2) is 23.8 Å². The number of aliphatic carboxylic acids is 1. The van der Waals surface area contributed by atoms with Crippen molar-refractivity contribution in [2.75, 3.05) is 6.61 Å². The second-order valence-electron chi connectivity index (χ2n) is 4.54. The average Bonchev–Trinajstić information content (AvgIpc) is 2.22.